The fraction of sp³-hybridized carbons (Fsp3) is 0.529. The van der Waals surface area contributed by atoms with Crippen molar-refractivity contribution in [3.05, 3.63) is 29.8 Å². The maximum Gasteiger partial charge on any atom is 0.326 e. The first kappa shape index (κ1) is 17.3. The van der Waals surface area contributed by atoms with Gasteiger partial charge in [-0.2, -0.15) is 0 Å². The first-order valence-corrected chi connectivity index (χ1v) is 7.71. The van der Waals surface area contributed by atoms with E-state index in [0.29, 0.717) is 30.3 Å². The number of benzene rings is 1. The minimum Gasteiger partial charge on any atom is -0.493 e. The predicted molar refractivity (Wildman–Crippen MR) is 84.6 cm³/mol. The lowest BCUT2D eigenvalue weighted by Gasteiger charge is -2.21. The lowest BCUT2D eigenvalue weighted by Crippen LogP contribution is -2.40. The molecule has 2 atom stereocenters. The van der Waals surface area contributed by atoms with Gasteiger partial charge in [-0.25, -0.2) is 4.79 Å². The number of hydrogen-bond donors (Lipinski definition) is 1. The molecule has 6 heteroatoms. The summed E-state index contributed by atoms with van der Waals surface area (Å²) in [5, 5.41) is 9.29. The molecule has 1 heterocycles. The molecule has 6 nitrogen and oxygen atoms in total. The molecule has 1 N–H and O–H groups in total. The van der Waals surface area contributed by atoms with Crippen LogP contribution >= 0.6 is 0 Å². The van der Waals surface area contributed by atoms with Crippen molar-refractivity contribution in [3.63, 3.8) is 0 Å². The maximum absolute atomic E-state index is 12.6. The van der Waals surface area contributed by atoms with Crippen LogP contribution in [0.25, 0.3) is 0 Å². The standard InChI is InChI=1S/C17H23NO5/c1-11(2)10-23-13-6-4-12(5-7-13)16(19)18-9-14(22-3)8-15(18)17(20)21/h4-7,11,14-15H,8-10H2,1-3H3,(H,20,21). The highest BCUT2D eigenvalue weighted by Gasteiger charge is 2.40. The average Bonchev–Trinajstić information content (AvgIpc) is 2.97. The van der Waals surface area contributed by atoms with E-state index in [4.69, 9.17) is 9.47 Å². The molecule has 1 amide bonds. The van der Waals surface area contributed by atoms with E-state index in [1.807, 2.05) is 0 Å². The Balaban J connectivity index is 2.08. The van der Waals surface area contributed by atoms with Crippen LogP contribution in [0.5, 0.6) is 5.75 Å². The minimum absolute atomic E-state index is 0.242. The predicted octanol–water partition coefficient (Wildman–Crippen LogP) is 2.04. The summed E-state index contributed by atoms with van der Waals surface area (Å²) >= 11 is 0. The van der Waals surface area contributed by atoms with Crippen molar-refractivity contribution in [1.82, 2.24) is 4.90 Å². The van der Waals surface area contributed by atoms with Gasteiger partial charge in [-0.1, -0.05) is 13.8 Å². The molecule has 1 aromatic carbocycles. The number of carboxylic acid groups (broad SMARTS) is 1. The molecule has 0 saturated carbocycles. The number of carbonyl (C=O) groups is 2. The topological polar surface area (TPSA) is 76.1 Å². The summed E-state index contributed by atoms with van der Waals surface area (Å²) in [5.41, 5.74) is 0.449. The third kappa shape index (κ3) is 4.22. The number of hydrogen-bond acceptors (Lipinski definition) is 4. The molecule has 126 valence electrons. The Hall–Kier alpha value is -2.08. The number of methoxy groups -OCH3 is 1. The third-order valence-electron chi connectivity index (χ3n) is 3.83. The number of ether oxygens (including phenoxy) is 2. The summed E-state index contributed by atoms with van der Waals surface area (Å²) in [5.74, 6) is -0.188. The van der Waals surface area contributed by atoms with Crippen LogP contribution in [0, 0.1) is 5.92 Å². The Labute approximate surface area is 136 Å². The number of carbonyl (C=O) groups excluding carboxylic acids is 1. The molecule has 23 heavy (non-hydrogen) atoms. The number of likely N-dealkylation sites (tertiary alicyclic amines) is 1. The smallest absolute Gasteiger partial charge is 0.326 e. The number of nitrogens with zero attached hydrogens (tertiary/aromatic N) is 1. The monoisotopic (exact) mass is 321 g/mol. The fourth-order valence-corrected chi connectivity index (χ4v) is 2.55. The molecule has 0 aromatic heterocycles. The van der Waals surface area contributed by atoms with Gasteiger partial charge in [0.05, 0.1) is 12.7 Å². The summed E-state index contributed by atoms with van der Waals surface area (Å²) in [4.78, 5) is 25.3. The second-order valence-corrected chi connectivity index (χ2v) is 6.13. The molecular weight excluding hydrogens is 298 g/mol. The Morgan fingerprint density at radius 3 is 2.48 bits per heavy atom. The average molecular weight is 321 g/mol. The van der Waals surface area contributed by atoms with Crippen LogP contribution < -0.4 is 4.74 Å². The van der Waals surface area contributed by atoms with E-state index in [2.05, 4.69) is 13.8 Å². The molecule has 0 bridgehead atoms. The zero-order chi connectivity index (χ0) is 17.0. The SMILES string of the molecule is COC1CC(C(=O)O)N(C(=O)c2ccc(OCC(C)C)cc2)C1. The van der Waals surface area contributed by atoms with Gasteiger partial charge in [0.1, 0.15) is 11.8 Å². The van der Waals surface area contributed by atoms with Crippen LogP contribution in [0.1, 0.15) is 30.6 Å². The molecule has 1 aliphatic heterocycles. The second kappa shape index (κ2) is 7.46. The Kier molecular flexibility index (Phi) is 5.60. The highest BCUT2D eigenvalue weighted by atomic mass is 16.5. The van der Waals surface area contributed by atoms with Crippen molar-refractivity contribution in [2.24, 2.45) is 5.92 Å². The summed E-state index contributed by atoms with van der Waals surface area (Å²) in [6.45, 7) is 5.01. The van der Waals surface area contributed by atoms with Gasteiger partial charge in [0, 0.05) is 25.6 Å². The zero-order valence-electron chi connectivity index (χ0n) is 13.7. The lowest BCUT2D eigenvalue weighted by atomic mass is 10.1. The van der Waals surface area contributed by atoms with Crippen LogP contribution in [-0.2, 0) is 9.53 Å². The van der Waals surface area contributed by atoms with E-state index < -0.39 is 12.0 Å². The molecule has 1 aromatic rings. The summed E-state index contributed by atoms with van der Waals surface area (Å²) in [6.07, 6.45) is 0.0707. The highest BCUT2D eigenvalue weighted by Crippen LogP contribution is 2.23. The third-order valence-corrected chi connectivity index (χ3v) is 3.83. The van der Waals surface area contributed by atoms with Gasteiger partial charge in [-0.15, -0.1) is 0 Å². The molecule has 0 aliphatic carbocycles. The molecular formula is C17H23NO5. The number of rotatable bonds is 6. The zero-order valence-corrected chi connectivity index (χ0v) is 13.7. The van der Waals surface area contributed by atoms with Crippen molar-refractivity contribution in [2.45, 2.75) is 32.4 Å². The molecule has 1 aliphatic rings. The van der Waals surface area contributed by atoms with Gasteiger partial charge in [0.15, 0.2) is 0 Å². The van der Waals surface area contributed by atoms with Crippen molar-refractivity contribution in [2.75, 3.05) is 20.3 Å². The van der Waals surface area contributed by atoms with Gasteiger partial charge in [-0.05, 0) is 30.2 Å². The molecule has 2 rings (SSSR count). The first-order chi connectivity index (χ1) is 10.9. The number of aliphatic carboxylic acids is 1. The van der Waals surface area contributed by atoms with Gasteiger partial charge >= 0.3 is 5.97 Å². The summed E-state index contributed by atoms with van der Waals surface area (Å²) in [6, 6.07) is 5.95. The number of amides is 1. The van der Waals surface area contributed by atoms with E-state index in [1.54, 1.807) is 24.3 Å². The highest BCUT2D eigenvalue weighted by molar-refractivity contribution is 5.97. The fourth-order valence-electron chi connectivity index (χ4n) is 2.55. The van der Waals surface area contributed by atoms with E-state index in [0.717, 1.165) is 0 Å². The minimum atomic E-state index is -1.00. The number of carboxylic acids is 1. The normalized spacial score (nSPS) is 20.8. The second-order valence-electron chi connectivity index (χ2n) is 6.13. The largest absolute Gasteiger partial charge is 0.493 e. The molecule has 1 saturated heterocycles. The van der Waals surface area contributed by atoms with Crippen molar-refractivity contribution >= 4 is 11.9 Å². The molecule has 0 spiro atoms. The van der Waals surface area contributed by atoms with Gasteiger partial charge in [0.25, 0.3) is 5.91 Å². The van der Waals surface area contributed by atoms with Gasteiger partial charge in [0.2, 0.25) is 0 Å². The molecule has 1 fully saturated rings. The Bertz CT molecular complexity index is 555. The quantitative estimate of drug-likeness (QED) is 0.867. The summed E-state index contributed by atoms with van der Waals surface area (Å²) < 4.78 is 10.8. The maximum atomic E-state index is 12.6. The van der Waals surface area contributed by atoms with Crippen LogP contribution in [0.4, 0.5) is 0 Å². The van der Waals surface area contributed by atoms with E-state index in [1.165, 1.54) is 12.0 Å². The van der Waals surface area contributed by atoms with Gasteiger partial charge < -0.3 is 19.5 Å². The van der Waals surface area contributed by atoms with Crippen molar-refractivity contribution in [1.29, 1.82) is 0 Å². The first-order valence-electron chi connectivity index (χ1n) is 7.71. The van der Waals surface area contributed by atoms with Crippen LogP contribution in [0.3, 0.4) is 0 Å². The van der Waals surface area contributed by atoms with Crippen LogP contribution in [0.15, 0.2) is 24.3 Å². The van der Waals surface area contributed by atoms with E-state index in [9.17, 15) is 14.7 Å². The Morgan fingerprint density at radius 1 is 1.30 bits per heavy atom. The van der Waals surface area contributed by atoms with Crippen molar-refractivity contribution < 1.29 is 24.2 Å². The summed E-state index contributed by atoms with van der Waals surface area (Å²) in [7, 11) is 1.53. The molecule has 2 unspecified atom stereocenters. The van der Waals surface area contributed by atoms with Crippen LogP contribution in [-0.4, -0.2) is 54.3 Å². The van der Waals surface area contributed by atoms with Gasteiger partial charge in [-0.3, -0.25) is 4.79 Å². The van der Waals surface area contributed by atoms with E-state index >= 15 is 0 Å². The van der Waals surface area contributed by atoms with E-state index in [-0.39, 0.29) is 18.6 Å². The van der Waals surface area contributed by atoms with Crippen LogP contribution in [0.2, 0.25) is 0 Å². The lowest BCUT2D eigenvalue weighted by molar-refractivity contribution is -0.141. The molecule has 0 radical (unpaired) electrons. The Morgan fingerprint density at radius 2 is 1.96 bits per heavy atom. The van der Waals surface area contributed by atoms with Crippen molar-refractivity contribution in [3.8, 4) is 5.75 Å².